The molecule has 0 unspecified atom stereocenters. The third-order valence-electron chi connectivity index (χ3n) is 2.11. The van der Waals surface area contributed by atoms with Gasteiger partial charge in [0.1, 0.15) is 17.8 Å². The number of cyclic esters (lactones) is 1. The van der Waals surface area contributed by atoms with Gasteiger partial charge in [-0.3, -0.25) is 4.79 Å². The molecule has 3 heteroatoms. The van der Waals surface area contributed by atoms with Gasteiger partial charge in [-0.2, -0.15) is 0 Å². The fourth-order valence-corrected chi connectivity index (χ4v) is 1.21. The first-order valence-corrected chi connectivity index (χ1v) is 3.80. The van der Waals surface area contributed by atoms with Crippen LogP contribution in [0.4, 0.5) is 0 Å². The van der Waals surface area contributed by atoms with Crippen molar-refractivity contribution in [3.05, 3.63) is 0 Å². The molecule has 0 saturated carbocycles. The molecule has 2 atom stereocenters. The van der Waals surface area contributed by atoms with E-state index in [0.29, 0.717) is 12.7 Å². The molecule has 0 bridgehead atoms. The molecule has 3 nitrogen and oxygen atoms in total. The lowest BCUT2D eigenvalue weighted by atomic mass is 9.88. The van der Waals surface area contributed by atoms with Gasteiger partial charge in [0, 0.05) is 6.42 Å². The van der Waals surface area contributed by atoms with Gasteiger partial charge in [-0.1, -0.05) is 6.92 Å². The van der Waals surface area contributed by atoms with Crippen molar-refractivity contribution >= 4 is 12.3 Å². The van der Waals surface area contributed by atoms with Crippen molar-refractivity contribution in [2.45, 2.75) is 32.8 Å². The van der Waals surface area contributed by atoms with Crippen LogP contribution < -0.4 is 0 Å². The molecule has 0 aromatic carbocycles. The largest absolute Gasteiger partial charge is 0.462 e. The lowest BCUT2D eigenvalue weighted by molar-refractivity contribution is -0.149. The predicted molar refractivity (Wildman–Crippen MR) is 39.0 cm³/mol. The van der Waals surface area contributed by atoms with Gasteiger partial charge in [-0.05, 0) is 13.3 Å². The monoisotopic (exact) mass is 156 g/mol. The summed E-state index contributed by atoms with van der Waals surface area (Å²) in [5, 5.41) is 0. The first-order valence-electron chi connectivity index (χ1n) is 3.80. The van der Waals surface area contributed by atoms with E-state index >= 15 is 0 Å². The summed E-state index contributed by atoms with van der Waals surface area (Å²) in [6, 6.07) is 0. The van der Waals surface area contributed by atoms with E-state index in [9.17, 15) is 9.59 Å². The fourth-order valence-electron chi connectivity index (χ4n) is 1.21. The van der Waals surface area contributed by atoms with Crippen LogP contribution in [0.5, 0.6) is 0 Å². The molecule has 62 valence electrons. The molecule has 1 rings (SSSR count). The maximum Gasteiger partial charge on any atom is 0.319 e. The second kappa shape index (κ2) is 2.64. The predicted octanol–water partition coefficient (Wildman–Crippen LogP) is 0.917. The van der Waals surface area contributed by atoms with E-state index in [2.05, 4.69) is 0 Å². The van der Waals surface area contributed by atoms with Crippen molar-refractivity contribution in [3.63, 3.8) is 0 Å². The van der Waals surface area contributed by atoms with Crippen LogP contribution in [0.15, 0.2) is 0 Å². The molecule has 0 N–H and O–H groups in total. The summed E-state index contributed by atoms with van der Waals surface area (Å²) in [4.78, 5) is 21.5. The van der Waals surface area contributed by atoms with E-state index in [1.165, 1.54) is 0 Å². The highest BCUT2D eigenvalue weighted by atomic mass is 16.6. The van der Waals surface area contributed by atoms with Crippen molar-refractivity contribution in [2.24, 2.45) is 5.41 Å². The molecule has 0 spiro atoms. The average Bonchev–Trinajstić information content (AvgIpc) is 2.29. The summed E-state index contributed by atoms with van der Waals surface area (Å²) in [5.41, 5.74) is -0.874. The van der Waals surface area contributed by atoms with Crippen LogP contribution in [0.1, 0.15) is 26.7 Å². The number of rotatable bonds is 2. The molecule has 1 fully saturated rings. The summed E-state index contributed by atoms with van der Waals surface area (Å²) in [6.45, 7) is 3.56. The van der Waals surface area contributed by atoms with Crippen LogP contribution in [0, 0.1) is 5.41 Å². The van der Waals surface area contributed by atoms with E-state index in [-0.39, 0.29) is 12.1 Å². The van der Waals surface area contributed by atoms with Gasteiger partial charge in [0.25, 0.3) is 0 Å². The number of carbonyl (C=O) groups is 2. The molecule has 0 aliphatic carbocycles. The third kappa shape index (κ3) is 1.27. The van der Waals surface area contributed by atoms with Crippen LogP contribution in [0.25, 0.3) is 0 Å². The van der Waals surface area contributed by atoms with Gasteiger partial charge in [0.2, 0.25) is 0 Å². The Balaban J connectivity index is 2.72. The Hall–Kier alpha value is -0.860. The lowest BCUT2D eigenvalue weighted by Gasteiger charge is -2.07. The van der Waals surface area contributed by atoms with E-state index in [0.717, 1.165) is 6.42 Å². The van der Waals surface area contributed by atoms with Gasteiger partial charge < -0.3 is 9.53 Å². The van der Waals surface area contributed by atoms with Crippen LogP contribution in [0.2, 0.25) is 0 Å². The Kier molecular flexibility index (Phi) is 1.98. The van der Waals surface area contributed by atoms with Gasteiger partial charge in [0.15, 0.2) is 0 Å². The molecule has 1 heterocycles. The molecule has 0 amide bonds. The highest BCUT2D eigenvalue weighted by Crippen LogP contribution is 2.32. The van der Waals surface area contributed by atoms with Crippen LogP contribution in [0.3, 0.4) is 0 Å². The molecule has 0 aromatic rings. The van der Waals surface area contributed by atoms with Crippen molar-refractivity contribution in [1.29, 1.82) is 0 Å². The zero-order valence-electron chi connectivity index (χ0n) is 6.79. The normalized spacial score (nSPS) is 36.9. The zero-order valence-corrected chi connectivity index (χ0v) is 6.79. The average molecular weight is 156 g/mol. The van der Waals surface area contributed by atoms with Crippen LogP contribution in [-0.2, 0) is 14.3 Å². The smallest absolute Gasteiger partial charge is 0.319 e. The second-order valence-corrected chi connectivity index (χ2v) is 3.18. The highest BCUT2D eigenvalue weighted by Gasteiger charge is 2.44. The number of carbonyl (C=O) groups excluding carboxylic acids is 2. The molecule has 1 saturated heterocycles. The first-order chi connectivity index (χ1) is 5.12. The van der Waals surface area contributed by atoms with E-state index in [1.807, 2.05) is 6.92 Å². The Morgan fingerprint density at radius 1 is 1.82 bits per heavy atom. The maximum atomic E-state index is 11.0. The molecule has 0 aromatic heterocycles. The number of hydrogen-bond donors (Lipinski definition) is 0. The Labute approximate surface area is 65.7 Å². The minimum absolute atomic E-state index is 0.0577. The first kappa shape index (κ1) is 8.24. The number of hydrogen-bond acceptors (Lipinski definition) is 3. The van der Waals surface area contributed by atoms with Crippen molar-refractivity contribution in [2.75, 3.05) is 0 Å². The summed E-state index contributed by atoms with van der Waals surface area (Å²) < 4.78 is 4.95. The molecular weight excluding hydrogens is 144 g/mol. The van der Waals surface area contributed by atoms with Crippen LogP contribution in [-0.4, -0.2) is 18.4 Å². The van der Waals surface area contributed by atoms with Gasteiger partial charge in [0.05, 0.1) is 0 Å². The summed E-state index contributed by atoms with van der Waals surface area (Å²) >= 11 is 0. The fraction of sp³-hybridized carbons (Fsp3) is 0.750. The standard InChI is InChI=1S/C8H12O3/c1-3-6-4-8(2,5-9)7(10)11-6/h5-6H,3-4H2,1-2H3/t6-,8+/m0/s1. The number of esters is 1. The Morgan fingerprint density at radius 3 is 2.73 bits per heavy atom. The molecule has 11 heavy (non-hydrogen) atoms. The Morgan fingerprint density at radius 2 is 2.45 bits per heavy atom. The SMILES string of the molecule is CC[C@H]1C[C@](C)(C=O)C(=O)O1. The molecule has 1 aliphatic rings. The van der Waals surface area contributed by atoms with E-state index < -0.39 is 5.41 Å². The van der Waals surface area contributed by atoms with Crippen molar-refractivity contribution < 1.29 is 14.3 Å². The summed E-state index contributed by atoms with van der Waals surface area (Å²) in [5.74, 6) is -0.376. The molecule has 0 radical (unpaired) electrons. The van der Waals surface area contributed by atoms with Gasteiger partial charge in [-0.25, -0.2) is 0 Å². The lowest BCUT2D eigenvalue weighted by Crippen LogP contribution is -2.23. The van der Waals surface area contributed by atoms with Crippen molar-refractivity contribution in [1.82, 2.24) is 0 Å². The van der Waals surface area contributed by atoms with E-state index in [4.69, 9.17) is 4.74 Å². The Bertz CT molecular complexity index is 188. The minimum atomic E-state index is -0.874. The van der Waals surface area contributed by atoms with Gasteiger partial charge >= 0.3 is 5.97 Å². The molecular formula is C8H12O3. The zero-order chi connectivity index (χ0) is 8.48. The highest BCUT2D eigenvalue weighted by molar-refractivity contribution is 5.94. The van der Waals surface area contributed by atoms with Crippen molar-refractivity contribution in [3.8, 4) is 0 Å². The number of aldehydes is 1. The minimum Gasteiger partial charge on any atom is -0.462 e. The second-order valence-electron chi connectivity index (χ2n) is 3.18. The summed E-state index contributed by atoms with van der Waals surface area (Å²) in [6.07, 6.45) is 1.95. The quantitative estimate of drug-likeness (QED) is 0.339. The molecule has 1 aliphatic heterocycles. The van der Waals surface area contributed by atoms with Crippen LogP contribution >= 0.6 is 0 Å². The topological polar surface area (TPSA) is 43.4 Å². The van der Waals surface area contributed by atoms with Gasteiger partial charge in [-0.15, -0.1) is 0 Å². The third-order valence-corrected chi connectivity index (χ3v) is 2.11. The summed E-state index contributed by atoms with van der Waals surface area (Å²) in [7, 11) is 0. The van der Waals surface area contributed by atoms with E-state index in [1.54, 1.807) is 6.92 Å². The maximum absolute atomic E-state index is 11.0. The number of ether oxygens (including phenoxy) is 1.